The molecular formula is C26H27ClN6O5S2. The number of aryl methyl sites for hydroxylation is 1. The lowest BCUT2D eigenvalue weighted by atomic mass is 9.97. The summed E-state index contributed by atoms with van der Waals surface area (Å²) in [6, 6.07) is 5.32. The largest absolute Gasteiger partial charge is 0.481 e. The molecule has 40 heavy (non-hydrogen) atoms. The predicted molar refractivity (Wildman–Crippen MR) is 150 cm³/mol. The Morgan fingerprint density at radius 3 is 2.77 bits per heavy atom. The summed E-state index contributed by atoms with van der Waals surface area (Å²) >= 11 is 9.57. The van der Waals surface area contributed by atoms with Crippen molar-refractivity contribution in [2.75, 3.05) is 57.6 Å². The fourth-order valence-electron chi connectivity index (χ4n) is 5.34. The van der Waals surface area contributed by atoms with Crippen molar-refractivity contribution in [2.24, 2.45) is 0 Å². The molecule has 0 N–H and O–H groups in total. The average Bonchev–Trinajstić information content (AvgIpc) is 3.77. The van der Waals surface area contributed by atoms with E-state index in [1.807, 2.05) is 22.4 Å². The van der Waals surface area contributed by atoms with Gasteiger partial charge in [-0.25, -0.2) is 14.5 Å². The van der Waals surface area contributed by atoms with Crippen LogP contribution in [-0.2, 0) is 25.4 Å². The summed E-state index contributed by atoms with van der Waals surface area (Å²) < 4.78 is 24.7. The monoisotopic (exact) mass is 602 g/mol. The molecule has 0 bridgehead atoms. The molecule has 7 rings (SSSR count). The van der Waals surface area contributed by atoms with Crippen LogP contribution in [0.15, 0.2) is 23.6 Å². The summed E-state index contributed by atoms with van der Waals surface area (Å²) in [5.41, 5.74) is 2.84. The molecule has 11 nitrogen and oxygen atoms in total. The standard InChI is InChI=1S/C26H27ClN6O5S2/c1-15-30-33-23-17(28-26(33)40-15)4-5-32(22(23)16-12-19(39-14-16)25-36-10-11-37-25)21(34)13-38-18-2-3-20(29-24(18)27)31-6-8-35-9-7-31/h2-3,12,14,22,25H,4-11,13H2,1H3. The second kappa shape index (κ2) is 10.9. The number of hydrogen-bond donors (Lipinski definition) is 0. The number of pyridine rings is 1. The molecule has 0 aromatic carbocycles. The molecule has 2 fully saturated rings. The number of rotatable bonds is 6. The highest BCUT2D eigenvalue weighted by molar-refractivity contribution is 7.16. The Balaban J connectivity index is 1.15. The molecule has 0 aliphatic carbocycles. The Bertz CT molecular complexity index is 1540. The van der Waals surface area contributed by atoms with Gasteiger partial charge in [-0.05, 0) is 36.1 Å². The van der Waals surface area contributed by atoms with E-state index in [-0.39, 0.29) is 30.0 Å². The number of anilines is 1. The number of imidazole rings is 1. The van der Waals surface area contributed by atoms with Crippen LogP contribution in [0.3, 0.4) is 0 Å². The predicted octanol–water partition coefficient (Wildman–Crippen LogP) is 3.64. The van der Waals surface area contributed by atoms with E-state index in [2.05, 4.69) is 21.3 Å². The van der Waals surface area contributed by atoms with Gasteiger partial charge in [-0.2, -0.15) is 5.10 Å². The van der Waals surface area contributed by atoms with E-state index in [4.69, 9.17) is 40.6 Å². The maximum atomic E-state index is 13.7. The van der Waals surface area contributed by atoms with Gasteiger partial charge >= 0.3 is 0 Å². The second-order valence-electron chi connectivity index (χ2n) is 9.70. The highest BCUT2D eigenvalue weighted by Gasteiger charge is 2.38. The zero-order valence-electron chi connectivity index (χ0n) is 21.7. The van der Waals surface area contributed by atoms with Crippen LogP contribution in [0.1, 0.15) is 39.2 Å². The number of hydrogen-bond acceptors (Lipinski definition) is 11. The number of nitrogens with zero attached hydrogens (tertiary/aromatic N) is 6. The van der Waals surface area contributed by atoms with Gasteiger partial charge in [-0.15, -0.1) is 11.3 Å². The Morgan fingerprint density at radius 2 is 1.98 bits per heavy atom. The zero-order valence-corrected chi connectivity index (χ0v) is 24.1. The second-order valence-corrected chi connectivity index (χ2v) is 12.2. The van der Waals surface area contributed by atoms with Gasteiger partial charge in [-0.3, -0.25) is 4.79 Å². The summed E-state index contributed by atoms with van der Waals surface area (Å²) in [4.78, 5) is 28.8. The van der Waals surface area contributed by atoms with Gasteiger partial charge in [0.25, 0.3) is 5.91 Å². The van der Waals surface area contributed by atoms with E-state index < -0.39 is 0 Å². The lowest BCUT2D eigenvalue weighted by molar-refractivity contribution is -0.135. The molecule has 0 radical (unpaired) electrons. The number of fused-ring (bicyclic) bond motifs is 3. The summed E-state index contributed by atoms with van der Waals surface area (Å²) in [6.45, 7) is 6.25. The Hall–Kier alpha value is -2.81. The zero-order chi connectivity index (χ0) is 27.2. The highest BCUT2D eigenvalue weighted by Crippen LogP contribution is 2.40. The Labute approximate surface area is 243 Å². The fourth-order valence-corrected chi connectivity index (χ4v) is 7.23. The smallest absolute Gasteiger partial charge is 0.261 e. The van der Waals surface area contributed by atoms with E-state index in [9.17, 15) is 4.79 Å². The minimum atomic E-state index is -0.378. The average molecular weight is 603 g/mol. The minimum Gasteiger partial charge on any atom is -0.481 e. The van der Waals surface area contributed by atoms with E-state index in [1.165, 1.54) is 0 Å². The van der Waals surface area contributed by atoms with Gasteiger partial charge in [-0.1, -0.05) is 22.9 Å². The minimum absolute atomic E-state index is 0.160. The molecule has 0 saturated carbocycles. The molecule has 1 unspecified atom stereocenters. The summed E-state index contributed by atoms with van der Waals surface area (Å²) in [5.74, 6) is 0.978. The van der Waals surface area contributed by atoms with Gasteiger partial charge in [0, 0.05) is 26.1 Å². The normalized spacial score (nSPS) is 19.9. The van der Waals surface area contributed by atoms with E-state index in [0.717, 1.165) is 50.7 Å². The maximum absolute atomic E-state index is 13.7. The molecule has 0 spiro atoms. The van der Waals surface area contributed by atoms with Crippen molar-refractivity contribution >= 4 is 51.0 Å². The van der Waals surface area contributed by atoms with Crippen molar-refractivity contribution in [3.8, 4) is 5.75 Å². The molecule has 1 atom stereocenters. The van der Waals surface area contributed by atoms with Gasteiger partial charge < -0.3 is 28.7 Å². The number of carbonyl (C=O) groups excluding carboxylic acids is 1. The molecule has 4 aromatic heterocycles. The number of ether oxygens (including phenoxy) is 4. The van der Waals surface area contributed by atoms with E-state index in [1.54, 1.807) is 28.7 Å². The number of amides is 1. The molecule has 7 heterocycles. The number of thiophene rings is 1. The van der Waals surface area contributed by atoms with Crippen LogP contribution in [0.25, 0.3) is 4.96 Å². The van der Waals surface area contributed by atoms with Crippen molar-refractivity contribution in [1.82, 2.24) is 24.5 Å². The summed E-state index contributed by atoms with van der Waals surface area (Å²) in [7, 11) is 0. The number of aromatic nitrogens is 4. The van der Waals surface area contributed by atoms with Crippen LogP contribution in [-0.4, -0.2) is 83.1 Å². The third-order valence-corrected chi connectivity index (χ3v) is 9.26. The van der Waals surface area contributed by atoms with Crippen molar-refractivity contribution in [3.63, 3.8) is 0 Å². The molecule has 3 aliphatic heterocycles. The van der Waals surface area contributed by atoms with E-state index >= 15 is 0 Å². The number of carbonyl (C=O) groups is 1. The van der Waals surface area contributed by atoms with Crippen LogP contribution < -0.4 is 9.64 Å². The van der Waals surface area contributed by atoms with Crippen LogP contribution >= 0.6 is 34.3 Å². The molecule has 14 heteroatoms. The Morgan fingerprint density at radius 1 is 1.15 bits per heavy atom. The van der Waals surface area contributed by atoms with Gasteiger partial charge in [0.2, 0.25) is 4.96 Å². The highest BCUT2D eigenvalue weighted by atomic mass is 35.5. The van der Waals surface area contributed by atoms with Crippen molar-refractivity contribution in [1.29, 1.82) is 0 Å². The maximum Gasteiger partial charge on any atom is 0.261 e. The van der Waals surface area contributed by atoms with Crippen LogP contribution in [0.5, 0.6) is 5.75 Å². The number of halogens is 1. The van der Waals surface area contributed by atoms with Crippen molar-refractivity contribution in [3.05, 3.63) is 55.6 Å². The lowest BCUT2D eigenvalue weighted by Crippen LogP contribution is -2.43. The third-order valence-electron chi connectivity index (χ3n) is 7.19. The van der Waals surface area contributed by atoms with Crippen molar-refractivity contribution < 1.29 is 23.7 Å². The first-order chi connectivity index (χ1) is 19.5. The quantitative estimate of drug-likeness (QED) is 0.306. The first-order valence-electron chi connectivity index (χ1n) is 13.1. The molecule has 1 amide bonds. The lowest BCUT2D eigenvalue weighted by Gasteiger charge is -2.35. The van der Waals surface area contributed by atoms with Gasteiger partial charge in [0.05, 0.1) is 42.7 Å². The SMILES string of the molecule is Cc1nn2c3c(nc2s1)CCN(C(=O)COc1ccc(N2CCOCC2)nc1Cl)C3c1csc(C2OCCO2)c1. The summed E-state index contributed by atoms with van der Waals surface area (Å²) in [5, 5.41) is 7.91. The topological polar surface area (TPSA) is 104 Å². The van der Waals surface area contributed by atoms with Crippen LogP contribution in [0.4, 0.5) is 5.82 Å². The fraction of sp³-hybridized carbons (Fsp3) is 0.462. The molecule has 4 aromatic rings. The molecule has 210 valence electrons. The van der Waals surface area contributed by atoms with Crippen LogP contribution in [0, 0.1) is 6.92 Å². The van der Waals surface area contributed by atoms with Gasteiger partial charge in [0.15, 0.2) is 23.8 Å². The van der Waals surface area contributed by atoms with Crippen LogP contribution in [0.2, 0.25) is 5.15 Å². The van der Waals surface area contributed by atoms with E-state index in [0.29, 0.717) is 45.1 Å². The molecular weight excluding hydrogens is 576 g/mol. The first kappa shape index (κ1) is 26.1. The summed E-state index contributed by atoms with van der Waals surface area (Å²) in [6.07, 6.45) is 0.256. The third kappa shape index (κ3) is 4.84. The Kier molecular flexibility index (Phi) is 7.10. The first-order valence-corrected chi connectivity index (χ1v) is 15.2. The molecule has 3 aliphatic rings. The van der Waals surface area contributed by atoms with Gasteiger partial charge in [0.1, 0.15) is 16.9 Å². The number of morpholine rings is 1. The van der Waals surface area contributed by atoms with Crippen molar-refractivity contribution in [2.45, 2.75) is 25.7 Å². The molecule has 2 saturated heterocycles.